The Labute approximate surface area is 202 Å². The minimum atomic E-state index is -3.56. The maximum Gasteiger partial charge on any atom is 0.198 e. The van der Waals surface area contributed by atoms with E-state index in [9.17, 15) is 8.42 Å². The highest BCUT2D eigenvalue weighted by atomic mass is 32.2. The van der Waals surface area contributed by atoms with Gasteiger partial charge in [0.05, 0.1) is 10.9 Å². The van der Waals surface area contributed by atoms with Crippen molar-refractivity contribution in [2.75, 3.05) is 31.1 Å². The van der Waals surface area contributed by atoms with Gasteiger partial charge in [-0.15, -0.1) is 5.10 Å². The van der Waals surface area contributed by atoms with Crippen molar-refractivity contribution < 1.29 is 8.42 Å². The van der Waals surface area contributed by atoms with Crippen molar-refractivity contribution in [2.24, 2.45) is 0 Å². The lowest BCUT2D eigenvalue weighted by Gasteiger charge is -2.40. The smallest absolute Gasteiger partial charge is 0.198 e. The Morgan fingerprint density at radius 1 is 0.941 bits per heavy atom. The Morgan fingerprint density at radius 3 is 2.29 bits per heavy atom. The third kappa shape index (κ3) is 5.31. The summed E-state index contributed by atoms with van der Waals surface area (Å²) >= 11 is 0. The second-order valence-corrected chi connectivity index (χ2v) is 11.2. The van der Waals surface area contributed by atoms with Gasteiger partial charge in [0.2, 0.25) is 0 Å². The minimum absolute atomic E-state index is 0.0195. The topological polar surface area (TPSA) is 84.2 Å². The third-order valence-corrected chi connectivity index (χ3v) is 8.13. The zero-order valence-corrected chi connectivity index (χ0v) is 21.3. The average molecular weight is 483 g/mol. The molecule has 0 N–H and O–H groups in total. The Balaban J connectivity index is 1.51. The maximum atomic E-state index is 13.0. The molecule has 0 amide bonds. The van der Waals surface area contributed by atoms with Crippen molar-refractivity contribution in [3.8, 4) is 0 Å². The molecule has 0 saturated carbocycles. The van der Waals surface area contributed by atoms with Crippen LogP contribution in [0.2, 0.25) is 0 Å². The quantitative estimate of drug-likeness (QED) is 0.484. The summed E-state index contributed by atoms with van der Waals surface area (Å²) in [5.41, 5.74) is 4.86. The number of benzene rings is 2. The van der Waals surface area contributed by atoms with Crippen LogP contribution in [0.5, 0.6) is 0 Å². The van der Waals surface area contributed by atoms with Gasteiger partial charge in [-0.2, -0.15) is 0 Å². The molecule has 1 aliphatic heterocycles. The lowest BCUT2D eigenvalue weighted by molar-refractivity contribution is 0.165. The molecule has 0 unspecified atom stereocenters. The number of hydrogen-bond acceptors (Lipinski definition) is 7. The van der Waals surface area contributed by atoms with Crippen molar-refractivity contribution in [1.29, 1.82) is 0 Å². The van der Waals surface area contributed by atoms with E-state index in [0.29, 0.717) is 5.82 Å². The highest BCUT2D eigenvalue weighted by Gasteiger charge is 2.30. The van der Waals surface area contributed by atoms with Crippen molar-refractivity contribution in [3.05, 3.63) is 65.0 Å². The molecule has 3 aromatic rings. The zero-order chi connectivity index (χ0) is 24.3. The van der Waals surface area contributed by atoms with E-state index >= 15 is 0 Å². The van der Waals surface area contributed by atoms with Gasteiger partial charge < -0.3 is 4.90 Å². The fourth-order valence-corrected chi connectivity index (χ4v) is 5.81. The molecule has 0 bridgehead atoms. The van der Waals surface area contributed by atoms with E-state index in [1.807, 2.05) is 19.1 Å². The first-order valence-corrected chi connectivity index (χ1v) is 13.6. The molecular formula is C25H34N6O2S. The van der Waals surface area contributed by atoms with Crippen LogP contribution in [0.4, 0.5) is 5.69 Å². The van der Waals surface area contributed by atoms with E-state index in [4.69, 9.17) is 0 Å². The molecular weight excluding hydrogens is 448 g/mol. The van der Waals surface area contributed by atoms with E-state index in [1.165, 1.54) is 21.5 Å². The summed E-state index contributed by atoms with van der Waals surface area (Å²) in [6, 6.07) is 13.5. The van der Waals surface area contributed by atoms with Crippen LogP contribution in [0, 0.1) is 20.8 Å². The minimum Gasteiger partial charge on any atom is -0.369 e. The Morgan fingerprint density at radius 2 is 1.62 bits per heavy atom. The van der Waals surface area contributed by atoms with Crippen molar-refractivity contribution in [2.45, 2.75) is 57.4 Å². The lowest BCUT2D eigenvalue weighted by atomic mass is 10.1. The second-order valence-electron chi connectivity index (χ2n) is 9.21. The van der Waals surface area contributed by atoms with Crippen molar-refractivity contribution in [1.82, 2.24) is 25.1 Å². The Hall–Kier alpha value is -2.78. The summed E-state index contributed by atoms with van der Waals surface area (Å²) in [5.74, 6) is 0.360. The van der Waals surface area contributed by atoms with Gasteiger partial charge in [0.15, 0.2) is 21.5 Å². The third-order valence-electron chi connectivity index (χ3n) is 6.55. The van der Waals surface area contributed by atoms with Crippen LogP contribution in [-0.4, -0.2) is 59.7 Å². The number of piperazine rings is 1. The molecule has 1 aromatic heterocycles. The molecule has 9 heteroatoms. The highest BCUT2D eigenvalue weighted by molar-refractivity contribution is 7.90. The molecule has 4 rings (SSSR count). The van der Waals surface area contributed by atoms with E-state index in [1.54, 1.807) is 12.1 Å². The van der Waals surface area contributed by atoms with Gasteiger partial charge in [0.1, 0.15) is 0 Å². The SMILES string of the molecule is CCC[C@@H](c1nnnn1CS(=O)(=O)c1ccc(C)cc1)N1CCN(c2cc(C)ccc2C)CC1. The van der Waals surface area contributed by atoms with E-state index in [-0.39, 0.29) is 16.8 Å². The van der Waals surface area contributed by atoms with Crippen molar-refractivity contribution >= 4 is 15.5 Å². The van der Waals surface area contributed by atoms with Gasteiger partial charge in [-0.1, -0.05) is 43.2 Å². The Bertz CT molecular complexity index is 1210. The van der Waals surface area contributed by atoms with Crippen LogP contribution in [0.1, 0.15) is 48.3 Å². The molecule has 0 spiro atoms. The number of tetrazole rings is 1. The molecule has 2 heterocycles. The molecule has 1 atom stereocenters. The van der Waals surface area contributed by atoms with Gasteiger partial charge in [-0.25, -0.2) is 13.1 Å². The first-order chi connectivity index (χ1) is 16.3. The predicted octanol–water partition coefficient (Wildman–Crippen LogP) is 3.69. The average Bonchev–Trinajstić information content (AvgIpc) is 3.26. The van der Waals surface area contributed by atoms with Gasteiger partial charge >= 0.3 is 0 Å². The van der Waals surface area contributed by atoms with E-state index in [2.05, 4.69) is 64.3 Å². The van der Waals surface area contributed by atoms with E-state index in [0.717, 1.165) is 44.6 Å². The molecule has 8 nitrogen and oxygen atoms in total. The molecule has 2 aromatic carbocycles. The van der Waals surface area contributed by atoms with Gasteiger partial charge in [0.25, 0.3) is 0 Å². The van der Waals surface area contributed by atoms with Crippen LogP contribution < -0.4 is 4.90 Å². The molecule has 1 aliphatic rings. The summed E-state index contributed by atoms with van der Waals surface area (Å²) in [6.07, 6.45) is 1.83. The number of hydrogen-bond donors (Lipinski definition) is 0. The number of sulfone groups is 1. The lowest BCUT2D eigenvalue weighted by Crippen LogP contribution is -2.48. The van der Waals surface area contributed by atoms with E-state index < -0.39 is 9.84 Å². The molecule has 1 saturated heterocycles. The number of aromatic nitrogens is 4. The fraction of sp³-hybridized carbons (Fsp3) is 0.480. The van der Waals surface area contributed by atoms with Crippen LogP contribution in [-0.2, 0) is 15.7 Å². The fourth-order valence-electron chi connectivity index (χ4n) is 4.61. The number of rotatable bonds is 8. The number of nitrogens with zero attached hydrogens (tertiary/aromatic N) is 6. The number of aryl methyl sites for hydroxylation is 3. The van der Waals surface area contributed by atoms with Gasteiger partial charge in [-0.05, 0) is 66.9 Å². The number of anilines is 1. The summed E-state index contributed by atoms with van der Waals surface area (Å²) in [5, 5.41) is 12.2. The first-order valence-electron chi connectivity index (χ1n) is 11.9. The van der Waals surface area contributed by atoms with Crippen molar-refractivity contribution in [3.63, 3.8) is 0 Å². The summed E-state index contributed by atoms with van der Waals surface area (Å²) in [7, 11) is -3.56. The Kier molecular flexibility index (Phi) is 7.33. The molecule has 182 valence electrons. The van der Waals surface area contributed by atoms with Crippen LogP contribution >= 0.6 is 0 Å². The van der Waals surface area contributed by atoms with Crippen LogP contribution in [0.3, 0.4) is 0 Å². The highest BCUT2D eigenvalue weighted by Crippen LogP contribution is 2.29. The van der Waals surface area contributed by atoms with Crippen LogP contribution in [0.15, 0.2) is 47.4 Å². The monoisotopic (exact) mass is 482 g/mol. The van der Waals surface area contributed by atoms with Gasteiger partial charge in [0, 0.05) is 31.9 Å². The molecule has 34 heavy (non-hydrogen) atoms. The largest absolute Gasteiger partial charge is 0.369 e. The zero-order valence-electron chi connectivity index (χ0n) is 20.5. The molecule has 0 aliphatic carbocycles. The standard InChI is InChI=1S/C25H34N6O2S/c1-5-6-23(29-13-15-30(16-14-29)24-17-20(3)7-10-21(24)4)25-26-27-28-31(25)18-34(32,33)22-11-8-19(2)9-12-22/h7-12,17,23H,5-6,13-16,18H2,1-4H3/t23-/m0/s1. The first kappa shape index (κ1) is 24.3. The van der Waals surface area contributed by atoms with Gasteiger partial charge in [-0.3, -0.25) is 4.90 Å². The second kappa shape index (κ2) is 10.2. The summed E-state index contributed by atoms with van der Waals surface area (Å²) in [4.78, 5) is 5.12. The summed E-state index contributed by atoms with van der Waals surface area (Å²) in [6.45, 7) is 11.9. The summed E-state index contributed by atoms with van der Waals surface area (Å²) < 4.78 is 27.5. The predicted molar refractivity (Wildman–Crippen MR) is 134 cm³/mol. The maximum absolute atomic E-state index is 13.0. The normalized spacial score (nSPS) is 16.1. The molecule has 0 radical (unpaired) electrons. The van der Waals surface area contributed by atoms with Crippen LogP contribution in [0.25, 0.3) is 0 Å². The molecule has 1 fully saturated rings.